The molecule has 140 valence electrons. The van der Waals surface area contributed by atoms with Gasteiger partial charge in [0.15, 0.2) is 0 Å². The Morgan fingerprint density at radius 2 is 1.88 bits per heavy atom. The molecule has 1 aromatic heterocycles. The van der Waals surface area contributed by atoms with Gasteiger partial charge < -0.3 is 20.1 Å². The van der Waals surface area contributed by atoms with Gasteiger partial charge in [-0.3, -0.25) is 9.59 Å². The van der Waals surface area contributed by atoms with Gasteiger partial charge in [0.25, 0.3) is 0 Å². The molecule has 0 fully saturated rings. The Morgan fingerprint density at radius 3 is 2.54 bits per heavy atom. The number of amides is 1. The van der Waals surface area contributed by atoms with Gasteiger partial charge in [0.1, 0.15) is 11.6 Å². The maximum atomic E-state index is 12.0. The number of hydrogen-bond donors (Lipinski definition) is 3. The van der Waals surface area contributed by atoms with Crippen molar-refractivity contribution in [3.63, 3.8) is 0 Å². The lowest BCUT2D eigenvalue weighted by molar-refractivity contribution is -0.155. The summed E-state index contributed by atoms with van der Waals surface area (Å²) in [4.78, 5) is 38.3. The summed E-state index contributed by atoms with van der Waals surface area (Å²) < 4.78 is 5.13. The van der Waals surface area contributed by atoms with Crippen LogP contribution in [-0.4, -0.2) is 39.6 Å². The Labute approximate surface area is 151 Å². The quantitative estimate of drug-likeness (QED) is 0.657. The molecule has 2 aromatic rings. The van der Waals surface area contributed by atoms with Crippen LogP contribution in [0, 0.1) is 0 Å². The summed E-state index contributed by atoms with van der Waals surface area (Å²) >= 11 is 0. The monoisotopic (exact) mass is 360 g/mol. The smallest absolute Gasteiger partial charge is 0.326 e. The number of fused-ring (bicyclic) bond motifs is 1. The number of carboxylic acids is 1. The second-order valence-corrected chi connectivity index (χ2v) is 7.11. The van der Waals surface area contributed by atoms with Crippen molar-refractivity contribution in [3.8, 4) is 0 Å². The van der Waals surface area contributed by atoms with Crippen LogP contribution in [0.3, 0.4) is 0 Å². The molecule has 0 saturated carbocycles. The lowest BCUT2D eigenvalue weighted by Crippen LogP contribution is -2.42. The number of carbonyl (C=O) groups excluding carboxylic acids is 2. The molecule has 7 nitrogen and oxygen atoms in total. The average Bonchev–Trinajstić information content (AvgIpc) is 2.94. The van der Waals surface area contributed by atoms with Gasteiger partial charge in [0.2, 0.25) is 5.91 Å². The number of rotatable bonds is 7. The Balaban J connectivity index is 1.94. The van der Waals surface area contributed by atoms with Crippen molar-refractivity contribution in [1.29, 1.82) is 0 Å². The van der Waals surface area contributed by atoms with Gasteiger partial charge in [-0.05, 0) is 32.4 Å². The number of esters is 1. The third-order valence-electron chi connectivity index (χ3n) is 3.71. The van der Waals surface area contributed by atoms with Crippen molar-refractivity contribution in [3.05, 3.63) is 36.0 Å². The predicted octanol–water partition coefficient (Wildman–Crippen LogP) is 2.40. The van der Waals surface area contributed by atoms with E-state index in [1.807, 2.05) is 24.3 Å². The van der Waals surface area contributed by atoms with Gasteiger partial charge in [0.05, 0.1) is 6.42 Å². The molecule has 3 N–H and O–H groups in total. The van der Waals surface area contributed by atoms with E-state index in [0.717, 1.165) is 16.5 Å². The first kappa shape index (κ1) is 19.5. The molecule has 1 atom stereocenters. The molecule has 0 spiro atoms. The minimum atomic E-state index is -1.12. The van der Waals surface area contributed by atoms with Gasteiger partial charge in [-0.1, -0.05) is 18.2 Å². The van der Waals surface area contributed by atoms with E-state index in [1.165, 1.54) is 0 Å². The van der Waals surface area contributed by atoms with Crippen molar-refractivity contribution < 1.29 is 24.2 Å². The number of carboxylic acid groups (broad SMARTS) is 1. The van der Waals surface area contributed by atoms with Crippen LogP contribution in [-0.2, 0) is 25.5 Å². The van der Waals surface area contributed by atoms with Gasteiger partial charge in [-0.15, -0.1) is 0 Å². The summed E-state index contributed by atoms with van der Waals surface area (Å²) in [6, 6.07) is 6.48. The van der Waals surface area contributed by atoms with Gasteiger partial charge in [-0.2, -0.15) is 0 Å². The van der Waals surface area contributed by atoms with Gasteiger partial charge in [-0.25, -0.2) is 4.79 Å². The fraction of sp³-hybridized carbons (Fsp3) is 0.421. The molecule has 7 heteroatoms. The number of H-pyrrole nitrogens is 1. The number of nitrogens with one attached hydrogen (secondary N) is 2. The fourth-order valence-electron chi connectivity index (χ4n) is 2.60. The topological polar surface area (TPSA) is 108 Å². The Bertz CT molecular complexity index is 804. The largest absolute Gasteiger partial charge is 0.480 e. The Hall–Kier alpha value is -2.83. The molecule has 1 aromatic carbocycles. The first-order valence-electron chi connectivity index (χ1n) is 8.45. The number of benzene rings is 1. The zero-order valence-corrected chi connectivity index (χ0v) is 15.2. The Morgan fingerprint density at radius 1 is 1.19 bits per heavy atom. The molecule has 1 amide bonds. The Kier molecular flexibility index (Phi) is 6.02. The van der Waals surface area contributed by atoms with Gasteiger partial charge >= 0.3 is 11.9 Å². The summed E-state index contributed by atoms with van der Waals surface area (Å²) in [5.74, 6) is -2.11. The maximum absolute atomic E-state index is 12.0. The van der Waals surface area contributed by atoms with E-state index < -0.39 is 29.5 Å². The van der Waals surface area contributed by atoms with Crippen molar-refractivity contribution in [2.75, 3.05) is 0 Å². The molecule has 0 bridgehead atoms. The van der Waals surface area contributed by atoms with E-state index in [9.17, 15) is 19.5 Å². The van der Waals surface area contributed by atoms with E-state index in [0.29, 0.717) is 0 Å². The molecule has 0 aliphatic rings. The highest BCUT2D eigenvalue weighted by atomic mass is 16.6. The zero-order valence-electron chi connectivity index (χ0n) is 15.2. The van der Waals surface area contributed by atoms with Crippen LogP contribution in [0.4, 0.5) is 0 Å². The third kappa shape index (κ3) is 5.61. The normalized spacial score (nSPS) is 12.6. The molecular formula is C19H24N2O5. The fourth-order valence-corrected chi connectivity index (χ4v) is 2.60. The first-order valence-corrected chi connectivity index (χ1v) is 8.45. The van der Waals surface area contributed by atoms with E-state index in [4.69, 9.17) is 4.74 Å². The lowest BCUT2D eigenvalue weighted by atomic mass is 10.0. The summed E-state index contributed by atoms with van der Waals surface area (Å²) in [5, 5.41) is 12.8. The van der Waals surface area contributed by atoms with Crippen LogP contribution in [0.15, 0.2) is 30.5 Å². The summed E-state index contributed by atoms with van der Waals surface area (Å²) in [6.45, 7) is 5.23. The average molecular weight is 360 g/mol. The molecule has 0 aliphatic heterocycles. The van der Waals surface area contributed by atoms with E-state index in [2.05, 4.69) is 10.3 Å². The molecule has 0 aliphatic carbocycles. The molecular weight excluding hydrogens is 336 g/mol. The summed E-state index contributed by atoms with van der Waals surface area (Å²) in [7, 11) is 0. The number of aromatic nitrogens is 1. The van der Waals surface area contributed by atoms with Crippen LogP contribution in [0.5, 0.6) is 0 Å². The van der Waals surface area contributed by atoms with Crippen LogP contribution < -0.4 is 5.32 Å². The first-order chi connectivity index (χ1) is 12.2. The minimum absolute atomic E-state index is 0.0947. The molecule has 2 rings (SSSR count). The number of aliphatic carboxylic acids is 1. The second kappa shape index (κ2) is 8.03. The minimum Gasteiger partial charge on any atom is -0.480 e. The van der Waals surface area contributed by atoms with Crippen molar-refractivity contribution in [2.45, 2.75) is 51.7 Å². The van der Waals surface area contributed by atoms with Crippen LogP contribution in [0.1, 0.15) is 39.2 Å². The molecule has 26 heavy (non-hydrogen) atoms. The number of hydrogen-bond acceptors (Lipinski definition) is 4. The predicted molar refractivity (Wildman–Crippen MR) is 96.6 cm³/mol. The summed E-state index contributed by atoms with van der Waals surface area (Å²) in [5.41, 5.74) is 1.09. The number of aromatic amines is 1. The highest BCUT2D eigenvalue weighted by molar-refractivity contribution is 5.87. The van der Waals surface area contributed by atoms with E-state index >= 15 is 0 Å². The molecule has 0 saturated heterocycles. The lowest BCUT2D eigenvalue weighted by Gasteiger charge is -2.19. The van der Waals surface area contributed by atoms with E-state index in [-0.39, 0.29) is 19.3 Å². The van der Waals surface area contributed by atoms with Crippen molar-refractivity contribution in [1.82, 2.24) is 10.3 Å². The molecule has 0 unspecified atom stereocenters. The van der Waals surface area contributed by atoms with E-state index in [1.54, 1.807) is 27.0 Å². The van der Waals surface area contributed by atoms with Crippen LogP contribution >= 0.6 is 0 Å². The van der Waals surface area contributed by atoms with Crippen molar-refractivity contribution in [2.24, 2.45) is 0 Å². The number of para-hydroxylation sites is 1. The zero-order chi connectivity index (χ0) is 19.3. The van der Waals surface area contributed by atoms with Crippen LogP contribution in [0.25, 0.3) is 10.9 Å². The third-order valence-corrected chi connectivity index (χ3v) is 3.71. The standard InChI is InChI=1S/C19H24N2O5/c1-19(2,3)26-17(23)9-8-16(22)21-15(18(24)25)10-12-11-20-14-7-5-4-6-13(12)14/h4-7,11,15,20H,8-10H2,1-3H3,(H,21,22)(H,24,25)/t15-/m0/s1. The molecule has 0 radical (unpaired) electrons. The molecule has 1 heterocycles. The SMILES string of the molecule is CC(C)(C)OC(=O)CCC(=O)N[C@@H](Cc1c[nH]c2ccccc12)C(=O)O. The number of ether oxygens (including phenoxy) is 1. The number of carbonyl (C=O) groups is 3. The second-order valence-electron chi connectivity index (χ2n) is 7.11. The highest BCUT2D eigenvalue weighted by Crippen LogP contribution is 2.19. The highest BCUT2D eigenvalue weighted by Gasteiger charge is 2.23. The summed E-state index contributed by atoms with van der Waals surface area (Å²) in [6.07, 6.45) is 1.68. The maximum Gasteiger partial charge on any atom is 0.326 e. The van der Waals surface area contributed by atoms with Gasteiger partial charge in [0, 0.05) is 29.9 Å². The van der Waals surface area contributed by atoms with Crippen LogP contribution in [0.2, 0.25) is 0 Å². The van der Waals surface area contributed by atoms with Crippen molar-refractivity contribution >= 4 is 28.7 Å².